The van der Waals surface area contributed by atoms with Crippen molar-refractivity contribution in [3.8, 4) is 0 Å². The van der Waals surface area contributed by atoms with Gasteiger partial charge in [0.1, 0.15) is 0 Å². The predicted octanol–water partition coefficient (Wildman–Crippen LogP) is 3.74. The number of benzene rings is 1. The minimum atomic E-state index is 0.0745. The van der Waals surface area contributed by atoms with Crippen LogP contribution in [0.15, 0.2) is 30.3 Å². The summed E-state index contributed by atoms with van der Waals surface area (Å²) in [5, 5.41) is 3.52. The van der Waals surface area contributed by atoms with Gasteiger partial charge in [0, 0.05) is 12.6 Å². The van der Waals surface area contributed by atoms with Crippen LogP contribution in [0.1, 0.15) is 37.6 Å². The molecule has 84 valence electrons. The van der Waals surface area contributed by atoms with E-state index in [4.69, 9.17) is 11.6 Å². The third kappa shape index (κ3) is 4.67. The maximum absolute atomic E-state index is 6.29. The minimum absolute atomic E-state index is 0.0745. The first-order valence-electron chi connectivity index (χ1n) is 5.66. The van der Waals surface area contributed by atoms with Gasteiger partial charge in [0.15, 0.2) is 0 Å². The molecule has 1 rings (SSSR count). The molecule has 0 aliphatic heterocycles. The van der Waals surface area contributed by atoms with Crippen molar-refractivity contribution in [2.24, 2.45) is 0 Å². The first-order chi connectivity index (χ1) is 7.24. The Morgan fingerprint density at radius 1 is 1.27 bits per heavy atom. The average molecular weight is 226 g/mol. The fourth-order valence-electron chi connectivity index (χ4n) is 1.62. The third-order valence-corrected chi connectivity index (χ3v) is 2.93. The van der Waals surface area contributed by atoms with E-state index in [1.165, 1.54) is 18.4 Å². The summed E-state index contributed by atoms with van der Waals surface area (Å²) in [5.41, 5.74) is 1.19. The molecule has 0 saturated heterocycles. The van der Waals surface area contributed by atoms with Crippen molar-refractivity contribution in [1.82, 2.24) is 5.32 Å². The Balaban J connectivity index is 2.33. The zero-order valence-electron chi connectivity index (χ0n) is 9.54. The SMILES string of the molecule is CCCC(C)NCC(Cl)c1ccccc1. The van der Waals surface area contributed by atoms with Gasteiger partial charge in [-0.2, -0.15) is 0 Å². The summed E-state index contributed by atoms with van der Waals surface area (Å²) in [4.78, 5) is 0. The highest BCUT2D eigenvalue weighted by molar-refractivity contribution is 6.21. The fraction of sp³-hybridized carbons (Fsp3) is 0.538. The highest BCUT2D eigenvalue weighted by atomic mass is 35.5. The largest absolute Gasteiger partial charge is 0.312 e. The lowest BCUT2D eigenvalue weighted by molar-refractivity contribution is 0.508. The standard InChI is InChI=1S/C13H20ClN/c1-3-7-11(2)15-10-13(14)12-8-5-4-6-9-12/h4-6,8-9,11,13,15H,3,7,10H2,1-2H3. The molecular formula is C13H20ClN. The second-order valence-corrected chi connectivity index (χ2v) is 4.50. The molecule has 2 unspecified atom stereocenters. The van der Waals surface area contributed by atoms with Crippen LogP contribution in [-0.4, -0.2) is 12.6 Å². The molecule has 0 amide bonds. The average Bonchev–Trinajstić information content (AvgIpc) is 2.27. The molecule has 2 heteroatoms. The van der Waals surface area contributed by atoms with E-state index in [2.05, 4.69) is 31.3 Å². The van der Waals surface area contributed by atoms with E-state index in [0.29, 0.717) is 6.04 Å². The lowest BCUT2D eigenvalue weighted by atomic mass is 10.1. The first-order valence-corrected chi connectivity index (χ1v) is 6.10. The van der Waals surface area contributed by atoms with E-state index in [0.717, 1.165) is 6.54 Å². The van der Waals surface area contributed by atoms with Gasteiger partial charge in [0.25, 0.3) is 0 Å². The Morgan fingerprint density at radius 3 is 2.53 bits per heavy atom. The van der Waals surface area contributed by atoms with Crippen LogP contribution < -0.4 is 5.32 Å². The van der Waals surface area contributed by atoms with Crippen LogP contribution in [0.4, 0.5) is 0 Å². The fourth-order valence-corrected chi connectivity index (χ4v) is 1.85. The Hall–Kier alpha value is -0.530. The monoisotopic (exact) mass is 225 g/mol. The predicted molar refractivity (Wildman–Crippen MR) is 67.4 cm³/mol. The van der Waals surface area contributed by atoms with Crippen LogP contribution in [0.25, 0.3) is 0 Å². The van der Waals surface area contributed by atoms with Crippen molar-refractivity contribution < 1.29 is 0 Å². The van der Waals surface area contributed by atoms with Gasteiger partial charge in [-0.05, 0) is 18.9 Å². The number of halogens is 1. The summed E-state index contributed by atoms with van der Waals surface area (Å²) >= 11 is 6.29. The van der Waals surface area contributed by atoms with Gasteiger partial charge < -0.3 is 5.32 Å². The highest BCUT2D eigenvalue weighted by Gasteiger charge is 2.08. The van der Waals surface area contributed by atoms with Crippen LogP contribution in [0.2, 0.25) is 0 Å². The molecule has 0 aliphatic rings. The lowest BCUT2D eigenvalue weighted by Crippen LogP contribution is -2.28. The number of hydrogen-bond donors (Lipinski definition) is 1. The molecule has 0 heterocycles. The summed E-state index contributed by atoms with van der Waals surface area (Å²) in [5.74, 6) is 0. The van der Waals surface area contributed by atoms with E-state index in [9.17, 15) is 0 Å². The molecule has 15 heavy (non-hydrogen) atoms. The van der Waals surface area contributed by atoms with E-state index >= 15 is 0 Å². The summed E-state index contributed by atoms with van der Waals surface area (Å²) in [7, 11) is 0. The van der Waals surface area contributed by atoms with Gasteiger partial charge in [0.05, 0.1) is 5.38 Å². The van der Waals surface area contributed by atoms with Gasteiger partial charge in [-0.1, -0.05) is 43.7 Å². The quantitative estimate of drug-likeness (QED) is 0.728. The lowest BCUT2D eigenvalue weighted by Gasteiger charge is -2.16. The van der Waals surface area contributed by atoms with Crippen LogP contribution in [0.5, 0.6) is 0 Å². The van der Waals surface area contributed by atoms with Crippen molar-refractivity contribution in [3.05, 3.63) is 35.9 Å². The Bertz CT molecular complexity index is 260. The highest BCUT2D eigenvalue weighted by Crippen LogP contribution is 2.18. The molecular weight excluding hydrogens is 206 g/mol. The maximum atomic E-state index is 6.29. The number of rotatable bonds is 6. The molecule has 0 aromatic heterocycles. The molecule has 0 spiro atoms. The van der Waals surface area contributed by atoms with E-state index < -0.39 is 0 Å². The number of nitrogens with one attached hydrogen (secondary N) is 1. The number of hydrogen-bond acceptors (Lipinski definition) is 1. The second kappa shape index (κ2) is 6.86. The number of alkyl halides is 1. The van der Waals surface area contributed by atoms with Gasteiger partial charge >= 0.3 is 0 Å². The molecule has 1 aromatic rings. The molecule has 1 aromatic carbocycles. The van der Waals surface area contributed by atoms with Crippen LogP contribution in [0.3, 0.4) is 0 Å². The van der Waals surface area contributed by atoms with Crippen molar-refractivity contribution in [2.75, 3.05) is 6.54 Å². The summed E-state index contributed by atoms with van der Waals surface area (Å²) in [6.45, 7) is 5.25. The zero-order valence-corrected chi connectivity index (χ0v) is 10.3. The van der Waals surface area contributed by atoms with E-state index in [1.807, 2.05) is 18.2 Å². The normalized spacial score (nSPS) is 14.9. The van der Waals surface area contributed by atoms with Gasteiger partial charge in [0.2, 0.25) is 0 Å². The van der Waals surface area contributed by atoms with Crippen LogP contribution >= 0.6 is 11.6 Å². The van der Waals surface area contributed by atoms with Crippen LogP contribution in [-0.2, 0) is 0 Å². The third-order valence-electron chi connectivity index (χ3n) is 2.53. The van der Waals surface area contributed by atoms with Gasteiger partial charge in [-0.15, -0.1) is 11.6 Å². The molecule has 0 bridgehead atoms. The summed E-state index contributed by atoms with van der Waals surface area (Å²) in [6, 6.07) is 10.8. The Kier molecular flexibility index (Phi) is 5.74. The van der Waals surface area contributed by atoms with Gasteiger partial charge in [-0.3, -0.25) is 0 Å². The van der Waals surface area contributed by atoms with E-state index in [-0.39, 0.29) is 5.38 Å². The molecule has 1 N–H and O–H groups in total. The summed E-state index contributed by atoms with van der Waals surface area (Å²) in [6.07, 6.45) is 2.42. The van der Waals surface area contributed by atoms with Crippen LogP contribution in [0, 0.1) is 0 Å². The van der Waals surface area contributed by atoms with Crippen molar-refractivity contribution in [2.45, 2.75) is 38.1 Å². The second-order valence-electron chi connectivity index (χ2n) is 3.98. The smallest absolute Gasteiger partial charge is 0.0709 e. The first kappa shape index (κ1) is 12.5. The van der Waals surface area contributed by atoms with Crippen molar-refractivity contribution in [1.29, 1.82) is 0 Å². The Morgan fingerprint density at radius 2 is 1.93 bits per heavy atom. The summed E-state index contributed by atoms with van der Waals surface area (Å²) < 4.78 is 0. The Labute approximate surface area is 97.8 Å². The minimum Gasteiger partial charge on any atom is -0.312 e. The molecule has 0 fully saturated rings. The molecule has 1 nitrogen and oxygen atoms in total. The van der Waals surface area contributed by atoms with Crippen molar-refractivity contribution in [3.63, 3.8) is 0 Å². The molecule has 2 atom stereocenters. The van der Waals surface area contributed by atoms with E-state index in [1.54, 1.807) is 0 Å². The maximum Gasteiger partial charge on any atom is 0.0709 e. The zero-order chi connectivity index (χ0) is 11.1. The molecule has 0 aliphatic carbocycles. The topological polar surface area (TPSA) is 12.0 Å². The van der Waals surface area contributed by atoms with Crippen molar-refractivity contribution >= 4 is 11.6 Å². The molecule has 0 radical (unpaired) electrons. The van der Waals surface area contributed by atoms with Gasteiger partial charge in [-0.25, -0.2) is 0 Å². The molecule has 0 saturated carbocycles.